The predicted molar refractivity (Wildman–Crippen MR) is 190 cm³/mol. The van der Waals surface area contributed by atoms with Crippen molar-refractivity contribution in [3.63, 3.8) is 0 Å². The molecule has 250 valence electrons. The maximum absolute atomic E-state index is 14.2. The van der Waals surface area contributed by atoms with E-state index in [2.05, 4.69) is 55.9 Å². The lowest BCUT2D eigenvalue weighted by molar-refractivity contribution is -0.137. The van der Waals surface area contributed by atoms with Crippen molar-refractivity contribution in [1.29, 1.82) is 0 Å². The predicted octanol–water partition coefficient (Wildman–Crippen LogP) is 6.14. The van der Waals surface area contributed by atoms with Crippen LogP contribution in [-0.4, -0.2) is 73.9 Å². The van der Waals surface area contributed by atoms with E-state index >= 15 is 0 Å². The molecule has 4 aromatic rings. The third kappa shape index (κ3) is 7.95. The zero-order valence-corrected chi connectivity index (χ0v) is 29.1. The summed E-state index contributed by atoms with van der Waals surface area (Å²) in [5.74, 6) is 0.468. The zero-order valence-electron chi connectivity index (χ0n) is 27.5. The second-order valence-corrected chi connectivity index (χ2v) is 13.1. The van der Waals surface area contributed by atoms with Gasteiger partial charge in [0.1, 0.15) is 28.8 Å². The number of allylic oxidation sites excluding steroid dienone is 1. The summed E-state index contributed by atoms with van der Waals surface area (Å²) in [4.78, 5) is 42.9. The minimum atomic E-state index is -0.770. The van der Waals surface area contributed by atoms with Gasteiger partial charge in [-0.2, -0.15) is 5.10 Å². The van der Waals surface area contributed by atoms with Crippen molar-refractivity contribution < 1.29 is 19.1 Å². The third-order valence-corrected chi connectivity index (χ3v) is 8.60. The molecular weight excluding hydrogens is 674 g/mol. The Hall–Kier alpha value is -4.52. The van der Waals surface area contributed by atoms with E-state index in [9.17, 15) is 9.59 Å². The Kier molecular flexibility index (Phi) is 11.0. The van der Waals surface area contributed by atoms with Gasteiger partial charge in [-0.15, -0.1) is 13.2 Å². The molecule has 0 bridgehead atoms. The van der Waals surface area contributed by atoms with Crippen LogP contribution in [0.25, 0.3) is 27.6 Å². The number of benzene rings is 1. The summed E-state index contributed by atoms with van der Waals surface area (Å²) in [7, 11) is 0. The van der Waals surface area contributed by atoms with Gasteiger partial charge in [-0.05, 0) is 65.5 Å². The molecule has 2 amide bonds. The number of amides is 2. The number of nitrogens with one attached hydrogen (secondary N) is 1. The number of hydrogen-bond donors (Lipinski definition) is 1. The Morgan fingerprint density at radius 1 is 1.10 bits per heavy atom. The summed E-state index contributed by atoms with van der Waals surface area (Å²) in [6.45, 7) is 18.9. The highest BCUT2D eigenvalue weighted by Gasteiger charge is 2.46. The van der Waals surface area contributed by atoms with Gasteiger partial charge in [0, 0.05) is 40.9 Å². The number of ether oxygens (including phenoxy) is 2. The van der Waals surface area contributed by atoms with E-state index in [0.29, 0.717) is 60.3 Å². The fourth-order valence-corrected chi connectivity index (χ4v) is 6.16. The van der Waals surface area contributed by atoms with E-state index in [1.807, 2.05) is 45.0 Å². The molecule has 48 heavy (non-hydrogen) atoms. The number of hydrogen-bond acceptors (Lipinski definition) is 8. The third-order valence-electron chi connectivity index (χ3n) is 8.16. The van der Waals surface area contributed by atoms with E-state index in [0.717, 1.165) is 27.6 Å². The van der Waals surface area contributed by atoms with E-state index in [1.54, 1.807) is 40.2 Å². The highest BCUT2D eigenvalue weighted by Crippen LogP contribution is 2.37. The monoisotopic (exact) mass is 713 g/mol. The van der Waals surface area contributed by atoms with Crippen molar-refractivity contribution in [3.8, 4) is 11.1 Å². The second-order valence-electron chi connectivity index (χ2n) is 12.3. The van der Waals surface area contributed by atoms with Crippen LogP contribution in [0.5, 0.6) is 0 Å². The normalized spacial score (nSPS) is 17.4. The van der Waals surface area contributed by atoms with Crippen LogP contribution < -0.4 is 5.32 Å². The van der Waals surface area contributed by atoms with Crippen LogP contribution in [0.15, 0.2) is 79.2 Å². The average molecular weight is 715 g/mol. The fraction of sp³-hybridized carbons (Fsp3) is 0.333. The summed E-state index contributed by atoms with van der Waals surface area (Å²) in [6.07, 6.45) is 7.30. The Morgan fingerprint density at radius 2 is 1.83 bits per heavy atom. The Morgan fingerprint density at radius 3 is 2.54 bits per heavy atom. The molecule has 2 atom stereocenters. The summed E-state index contributed by atoms with van der Waals surface area (Å²) in [5, 5.41) is 8.63. The minimum Gasteiger partial charge on any atom is -0.377 e. The molecule has 0 radical (unpaired) electrons. The van der Waals surface area contributed by atoms with Crippen LogP contribution >= 0.6 is 15.9 Å². The molecule has 1 N–H and O–H groups in total. The smallest absolute Gasteiger partial charge is 0.248 e. The first-order chi connectivity index (χ1) is 23.0. The number of aromatic nitrogens is 5. The molecule has 1 aliphatic heterocycles. The summed E-state index contributed by atoms with van der Waals surface area (Å²) >= 11 is 3.40. The molecule has 1 saturated heterocycles. The second kappa shape index (κ2) is 15.1. The zero-order chi connectivity index (χ0) is 34.4. The number of likely N-dealkylation sites (tertiary alicyclic amines) is 1. The van der Waals surface area contributed by atoms with E-state index in [4.69, 9.17) is 14.6 Å². The number of fused-ring (bicyclic) bond motifs is 1. The molecule has 0 saturated carbocycles. The summed E-state index contributed by atoms with van der Waals surface area (Å²) < 4.78 is 13.7. The Labute approximate surface area is 288 Å². The van der Waals surface area contributed by atoms with Crippen molar-refractivity contribution in [2.45, 2.75) is 46.4 Å². The fourth-order valence-electron chi connectivity index (χ4n) is 5.85. The first-order valence-electron chi connectivity index (χ1n) is 15.6. The number of rotatable bonds is 14. The molecule has 4 heterocycles. The van der Waals surface area contributed by atoms with E-state index < -0.39 is 11.5 Å². The SMILES string of the molecule is C=CCOCc1ccc(Br)nc1NC(=O)C1C[C@](C)(COCC=C)CN1C(=O)Cn1nc(C(=C)C)c2cc(-c3cnc(C)nc3)ccc21. The molecule has 12 heteroatoms. The van der Waals surface area contributed by atoms with Gasteiger partial charge in [0.15, 0.2) is 0 Å². The molecule has 5 rings (SSSR count). The molecule has 0 spiro atoms. The Bertz CT molecular complexity index is 1860. The number of carbonyl (C=O) groups is 2. The molecule has 3 aromatic heterocycles. The number of aryl methyl sites for hydroxylation is 1. The van der Waals surface area contributed by atoms with Gasteiger partial charge in [0.2, 0.25) is 11.8 Å². The van der Waals surface area contributed by atoms with Crippen LogP contribution in [0.3, 0.4) is 0 Å². The average Bonchev–Trinajstić information content (AvgIpc) is 3.60. The van der Waals surface area contributed by atoms with Crippen molar-refractivity contribution in [3.05, 3.63) is 96.3 Å². The highest BCUT2D eigenvalue weighted by molar-refractivity contribution is 9.10. The number of nitrogens with zero attached hydrogens (tertiary/aromatic N) is 6. The van der Waals surface area contributed by atoms with Gasteiger partial charge in [-0.3, -0.25) is 14.3 Å². The van der Waals surface area contributed by atoms with Gasteiger partial charge in [0.05, 0.1) is 37.6 Å². The van der Waals surface area contributed by atoms with Crippen LogP contribution in [0.1, 0.15) is 37.4 Å². The largest absolute Gasteiger partial charge is 0.377 e. The molecule has 1 fully saturated rings. The molecule has 0 aliphatic carbocycles. The molecule has 11 nitrogen and oxygen atoms in total. The van der Waals surface area contributed by atoms with Gasteiger partial charge in [-0.1, -0.05) is 37.8 Å². The Balaban J connectivity index is 1.44. The lowest BCUT2D eigenvalue weighted by Crippen LogP contribution is -2.45. The van der Waals surface area contributed by atoms with Crippen LogP contribution in [0.2, 0.25) is 0 Å². The quantitative estimate of drug-likeness (QED) is 0.0939. The standard InChI is InChI=1S/C36H40BrN7O4/c1-7-13-47-20-26-10-12-31(37)40-34(26)41-35(46)30-16-36(6,22-48-14-8-2)21-43(30)32(45)19-44-29-11-9-25(27-17-38-24(5)39-18-27)15-28(29)33(42-44)23(3)4/h7-12,15,17-18,30H,1-3,13-14,16,19-22H2,4-6H3,(H,40,41,46)/t30?,36-/m0/s1. The van der Waals surface area contributed by atoms with Crippen molar-refractivity contribution in [1.82, 2.24) is 29.6 Å². The molecular formula is C36H40BrN7O4. The van der Waals surface area contributed by atoms with Crippen LogP contribution in [-0.2, 0) is 32.2 Å². The summed E-state index contributed by atoms with van der Waals surface area (Å²) in [5.41, 5.74) is 4.27. The van der Waals surface area contributed by atoms with Gasteiger partial charge >= 0.3 is 0 Å². The maximum atomic E-state index is 14.2. The van der Waals surface area contributed by atoms with E-state index in [1.165, 1.54) is 0 Å². The van der Waals surface area contributed by atoms with Crippen molar-refractivity contribution >= 4 is 50.0 Å². The number of carbonyl (C=O) groups excluding carboxylic acids is 2. The van der Waals surface area contributed by atoms with Gasteiger partial charge in [0.25, 0.3) is 0 Å². The first-order valence-corrected chi connectivity index (χ1v) is 16.4. The lowest BCUT2D eigenvalue weighted by atomic mass is 9.88. The molecule has 1 unspecified atom stereocenters. The van der Waals surface area contributed by atoms with Crippen LogP contribution in [0.4, 0.5) is 5.82 Å². The summed E-state index contributed by atoms with van der Waals surface area (Å²) in [6, 6.07) is 8.76. The lowest BCUT2D eigenvalue weighted by Gasteiger charge is -2.25. The number of halogens is 1. The van der Waals surface area contributed by atoms with E-state index in [-0.39, 0.29) is 25.0 Å². The maximum Gasteiger partial charge on any atom is 0.248 e. The minimum absolute atomic E-state index is 0.0695. The van der Waals surface area contributed by atoms with Crippen molar-refractivity contribution in [2.75, 3.05) is 31.7 Å². The number of pyridine rings is 1. The van der Waals surface area contributed by atoms with Crippen LogP contribution in [0, 0.1) is 12.3 Å². The molecule has 1 aliphatic rings. The number of anilines is 1. The van der Waals surface area contributed by atoms with Gasteiger partial charge < -0.3 is 19.7 Å². The van der Waals surface area contributed by atoms with Gasteiger partial charge in [-0.25, -0.2) is 15.0 Å². The topological polar surface area (TPSA) is 124 Å². The molecule has 1 aromatic carbocycles. The first kappa shape index (κ1) is 34.8. The highest BCUT2D eigenvalue weighted by atomic mass is 79.9. The van der Waals surface area contributed by atoms with Crippen molar-refractivity contribution in [2.24, 2.45) is 5.41 Å².